The number of halogens is 2. The summed E-state index contributed by atoms with van der Waals surface area (Å²) in [6.07, 6.45) is 8.49. The topological polar surface area (TPSA) is 0 Å². The van der Waals surface area contributed by atoms with Crippen LogP contribution in [0.15, 0.2) is 42.5 Å². The van der Waals surface area contributed by atoms with Gasteiger partial charge in [-0.05, 0) is 0 Å². The van der Waals surface area contributed by atoms with Crippen LogP contribution < -0.4 is 0 Å². The first-order valence-corrected chi connectivity index (χ1v) is 3.79. The van der Waals surface area contributed by atoms with Gasteiger partial charge in [-0.1, -0.05) is 24.6 Å². The maximum absolute atomic E-state index is 3.28. The molecule has 3 heteroatoms. The van der Waals surface area contributed by atoms with Gasteiger partial charge in [0.25, 0.3) is 0 Å². The molecule has 1 aliphatic carbocycles. The molecule has 0 N–H and O–H groups in total. The number of hydrogen-bond donors (Lipinski definition) is 0. The Morgan fingerprint density at radius 3 is 2.14 bits per heavy atom. The van der Waals surface area contributed by atoms with Gasteiger partial charge in [-0.2, -0.15) is 17.7 Å². The molecule has 14 heavy (non-hydrogen) atoms. The smallest absolute Gasteiger partial charge is 0 e. The molecule has 0 aromatic heterocycles. The van der Waals surface area contributed by atoms with E-state index < -0.39 is 0 Å². The quantitative estimate of drug-likeness (QED) is 0.505. The molecule has 1 aromatic carbocycles. The molecule has 1 aliphatic rings. The summed E-state index contributed by atoms with van der Waals surface area (Å²) >= 11 is 0. The van der Waals surface area contributed by atoms with Crippen LogP contribution in [0.25, 0.3) is 5.57 Å². The van der Waals surface area contributed by atoms with E-state index in [0.717, 1.165) is 6.42 Å². The van der Waals surface area contributed by atoms with Gasteiger partial charge in [0, 0.05) is 25.8 Å². The molecule has 0 radical (unpaired) electrons. The fourth-order valence-corrected chi connectivity index (χ4v) is 1.22. The van der Waals surface area contributed by atoms with E-state index in [0.29, 0.717) is 0 Å². The maximum Gasteiger partial charge on any atom is 0 e. The summed E-state index contributed by atoms with van der Waals surface area (Å²) < 4.78 is 0. The van der Waals surface area contributed by atoms with Gasteiger partial charge in [0.1, 0.15) is 0 Å². The average Bonchev–Trinajstić information content (AvgIpc) is 2.58. The van der Waals surface area contributed by atoms with Gasteiger partial charge in [0.15, 0.2) is 0 Å². The first-order chi connectivity index (χ1) is 5.47. The number of rotatable bonds is 1. The van der Waals surface area contributed by atoms with E-state index >= 15 is 0 Å². The van der Waals surface area contributed by atoms with Crippen LogP contribution in [0, 0.1) is 6.08 Å². The molecule has 0 bridgehead atoms. The molecule has 0 fully saturated rings. The van der Waals surface area contributed by atoms with Crippen molar-refractivity contribution in [2.24, 2.45) is 0 Å². The van der Waals surface area contributed by atoms with E-state index in [2.05, 4.69) is 42.5 Å². The third-order valence-electron chi connectivity index (χ3n) is 1.78. The third kappa shape index (κ3) is 4.12. The zero-order valence-corrected chi connectivity index (χ0v) is 12.8. The van der Waals surface area contributed by atoms with Crippen LogP contribution in [0.3, 0.4) is 0 Å². The summed E-state index contributed by atoms with van der Waals surface area (Å²) in [5.74, 6) is 0. The van der Waals surface area contributed by atoms with Crippen molar-refractivity contribution in [1.82, 2.24) is 0 Å². The van der Waals surface area contributed by atoms with Crippen LogP contribution in [0.5, 0.6) is 0 Å². The third-order valence-corrected chi connectivity index (χ3v) is 1.78. The van der Waals surface area contributed by atoms with E-state index in [1.165, 1.54) is 11.1 Å². The number of hydrogen-bond acceptors (Lipinski definition) is 0. The minimum absolute atomic E-state index is 0. The van der Waals surface area contributed by atoms with E-state index in [9.17, 15) is 0 Å². The SMILES string of the molecule is Cl.Cl.[C-]1=C(c2ccccc2)C=CC1.[Hf]. The molecule has 0 atom stereocenters. The van der Waals surface area contributed by atoms with Crippen molar-refractivity contribution in [3.63, 3.8) is 0 Å². The molecular weight excluding hydrogens is 382 g/mol. The molecule has 0 saturated heterocycles. The largest absolute Gasteiger partial charge is 0.197 e. The molecule has 2 rings (SSSR count). The normalized spacial score (nSPS) is 11.9. The van der Waals surface area contributed by atoms with Gasteiger partial charge in [-0.15, -0.1) is 48.6 Å². The summed E-state index contributed by atoms with van der Waals surface area (Å²) in [6, 6.07) is 10.4. The van der Waals surface area contributed by atoms with Gasteiger partial charge < -0.3 is 0 Å². The van der Waals surface area contributed by atoms with Gasteiger partial charge in [-0.25, -0.2) is 0 Å². The molecule has 0 unspecified atom stereocenters. The standard InChI is InChI=1S/C11H9.2ClH.Hf/c1-2-6-10(7-3-1)11-8-4-5-9-11;;;/h1-4,6-8H,5H2;2*1H;/q-1;;;. The van der Waals surface area contributed by atoms with Crippen LogP contribution in [0.2, 0.25) is 0 Å². The summed E-state index contributed by atoms with van der Waals surface area (Å²) in [5, 5.41) is 0. The summed E-state index contributed by atoms with van der Waals surface area (Å²) in [4.78, 5) is 0. The molecular formula is C11H11Cl2Hf-. The second-order valence-corrected chi connectivity index (χ2v) is 2.56. The Bertz CT molecular complexity index is 304. The van der Waals surface area contributed by atoms with Crippen molar-refractivity contribution in [2.75, 3.05) is 0 Å². The predicted octanol–water partition coefficient (Wildman–Crippen LogP) is 3.67. The molecule has 74 valence electrons. The predicted molar refractivity (Wildman–Crippen MR) is 61.3 cm³/mol. The molecule has 1 aromatic rings. The number of benzene rings is 1. The van der Waals surface area contributed by atoms with Gasteiger partial charge in [0.2, 0.25) is 0 Å². The molecule has 0 spiro atoms. The second kappa shape index (κ2) is 8.46. The molecule has 0 saturated carbocycles. The van der Waals surface area contributed by atoms with Crippen molar-refractivity contribution in [2.45, 2.75) is 6.42 Å². The van der Waals surface area contributed by atoms with Gasteiger partial charge in [0.05, 0.1) is 0 Å². The van der Waals surface area contributed by atoms with Crippen LogP contribution in [-0.2, 0) is 25.8 Å². The zero-order valence-electron chi connectivity index (χ0n) is 7.57. The van der Waals surface area contributed by atoms with Crippen molar-refractivity contribution in [3.8, 4) is 0 Å². The Morgan fingerprint density at radius 2 is 1.64 bits per heavy atom. The summed E-state index contributed by atoms with van der Waals surface area (Å²) in [6.45, 7) is 0. The second-order valence-electron chi connectivity index (χ2n) is 2.56. The Kier molecular flexibility index (Phi) is 10.0. The van der Waals surface area contributed by atoms with Gasteiger partial charge >= 0.3 is 0 Å². The van der Waals surface area contributed by atoms with Crippen molar-refractivity contribution in [1.29, 1.82) is 0 Å². The first-order valence-electron chi connectivity index (χ1n) is 3.79. The Hall–Kier alpha value is 0.150. The van der Waals surface area contributed by atoms with Crippen molar-refractivity contribution >= 4 is 30.4 Å². The van der Waals surface area contributed by atoms with Gasteiger partial charge in [-0.3, -0.25) is 0 Å². The van der Waals surface area contributed by atoms with E-state index in [-0.39, 0.29) is 50.7 Å². The van der Waals surface area contributed by atoms with Crippen molar-refractivity contribution in [3.05, 3.63) is 54.1 Å². The first kappa shape index (κ1) is 16.6. The zero-order chi connectivity index (χ0) is 7.52. The summed E-state index contributed by atoms with van der Waals surface area (Å²) in [7, 11) is 0. The van der Waals surface area contributed by atoms with Crippen LogP contribution in [0.1, 0.15) is 12.0 Å². The Morgan fingerprint density at radius 1 is 1.00 bits per heavy atom. The monoisotopic (exact) mass is 393 g/mol. The fourth-order valence-electron chi connectivity index (χ4n) is 1.22. The summed E-state index contributed by atoms with van der Waals surface area (Å²) in [5.41, 5.74) is 2.49. The molecule has 0 nitrogen and oxygen atoms in total. The minimum Gasteiger partial charge on any atom is -0.197 e. The fraction of sp³-hybridized carbons (Fsp3) is 0.0909. The van der Waals surface area contributed by atoms with E-state index in [4.69, 9.17) is 0 Å². The minimum atomic E-state index is 0. The van der Waals surface area contributed by atoms with Crippen LogP contribution >= 0.6 is 24.8 Å². The van der Waals surface area contributed by atoms with Crippen LogP contribution in [0.4, 0.5) is 0 Å². The molecule has 0 amide bonds. The number of allylic oxidation sites excluding steroid dienone is 4. The Balaban J connectivity index is 0. The van der Waals surface area contributed by atoms with E-state index in [1.54, 1.807) is 0 Å². The maximum atomic E-state index is 3.28. The average molecular weight is 393 g/mol. The Labute approximate surface area is 116 Å². The molecule has 0 aliphatic heterocycles. The van der Waals surface area contributed by atoms with Crippen LogP contribution in [-0.4, -0.2) is 0 Å². The van der Waals surface area contributed by atoms with Crippen molar-refractivity contribution < 1.29 is 25.8 Å². The molecule has 0 heterocycles. The van der Waals surface area contributed by atoms with E-state index in [1.807, 2.05) is 6.07 Å².